The van der Waals surface area contributed by atoms with Crippen LogP contribution in [0.25, 0.3) is 0 Å². The van der Waals surface area contributed by atoms with Crippen molar-refractivity contribution in [2.24, 2.45) is 5.10 Å². The largest absolute Gasteiger partial charge is 0.285 e. The third kappa shape index (κ3) is 1.15. The summed E-state index contributed by atoms with van der Waals surface area (Å²) in [5.41, 5.74) is 9.19. The fraction of sp³-hybridized carbons (Fsp3) is 0. The number of hydrazine groups is 2. The maximum atomic E-state index is 3.95. The van der Waals surface area contributed by atoms with Crippen molar-refractivity contribution in [1.82, 2.24) is 16.5 Å². The van der Waals surface area contributed by atoms with Gasteiger partial charge in [-0.05, 0) is 0 Å². The van der Waals surface area contributed by atoms with Gasteiger partial charge < -0.3 is 0 Å². The van der Waals surface area contributed by atoms with Gasteiger partial charge in [0.15, 0.2) is 5.84 Å². The molecule has 0 aliphatic carbocycles. The summed E-state index contributed by atoms with van der Waals surface area (Å²) in [6.07, 6.45) is 0. The van der Waals surface area contributed by atoms with Gasteiger partial charge >= 0.3 is 0 Å². The minimum Gasteiger partial charge on any atom is -0.285 e. The molecule has 0 atom stereocenters. The highest BCUT2D eigenvalue weighted by atomic mass is 15.8. The first kappa shape index (κ1) is 6.18. The Morgan fingerprint density at radius 2 is 1.91 bits per heavy atom. The van der Waals surface area contributed by atoms with Gasteiger partial charge in [-0.2, -0.15) is 0 Å². The van der Waals surface area contributed by atoms with Gasteiger partial charge in [-0.3, -0.25) is 5.43 Å². The molecule has 0 bridgehead atoms. The Labute approximate surface area is 64.2 Å². The molecule has 1 aliphatic heterocycles. The van der Waals surface area contributed by atoms with Crippen LogP contribution >= 0.6 is 0 Å². The van der Waals surface area contributed by atoms with Crippen molar-refractivity contribution in [3.8, 4) is 0 Å². The Morgan fingerprint density at radius 1 is 1.09 bits per heavy atom. The number of nitrogens with zero attached hydrogens (tertiary/aromatic N) is 1. The lowest BCUT2D eigenvalue weighted by Crippen LogP contribution is -2.35. The summed E-state index contributed by atoms with van der Waals surface area (Å²) >= 11 is 0. The van der Waals surface area contributed by atoms with Crippen LogP contribution in [0, 0.1) is 0 Å². The van der Waals surface area contributed by atoms with Gasteiger partial charge in [0.25, 0.3) is 0 Å². The van der Waals surface area contributed by atoms with Crippen LogP contribution in [0.1, 0.15) is 5.56 Å². The van der Waals surface area contributed by atoms with Gasteiger partial charge in [-0.1, -0.05) is 30.3 Å². The smallest absolute Gasteiger partial charge is 0.170 e. The molecule has 4 nitrogen and oxygen atoms in total. The van der Waals surface area contributed by atoms with Crippen molar-refractivity contribution < 1.29 is 0 Å². The third-order valence-electron chi connectivity index (χ3n) is 1.45. The average molecular weight is 148 g/mol. The Bertz CT molecular complexity index is 267. The molecule has 0 aromatic heterocycles. The topological polar surface area (TPSA) is 48.5 Å². The molecule has 4 heteroatoms. The molecular weight excluding hydrogens is 140 g/mol. The number of nitrogens with one attached hydrogen (secondary N) is 3. The van der Waals surface area contributed by atoms with Crippen LogP contribution in [-0.4, -0.2) is 5.84 Å². The van der Waals surface area contributed by atoms with E-state index in [4.69, 9.17) is 0 Å². The number of rotatable bonds is 1. The molecule has 11 heavy (non-hydrogen) atoms. The zero-order chi connectivity index (χ0) is 7.52. The number of hydrogen-bond donors (Lipinski definition) is 3. The molecule has 1 heterocycles. The maximum Gasteiger partial charge on any atom is 0.170 e. The fourth-order valence-electron chi connectivity index (χ4n) is 0.932. The van der Waals surface area contributed by atoms with Crippen LogP contribution in [0.2, 0.25) is 0 Å². The van der Waals surface area contributed by atoms with Crippen LogP contribution in [0.15, 0.2) is 35.4 Å². The quantitative estimate of drug-likeness (QED) is 0.523. The first-order valence-electron chi connectivity index (χ1n) is 3.36. The predicted octanol–water partition coefficient (Wildman–Crippen LogP) is -0.0394. The molecule has 0 amide bonds. The minimum absolute atomic E-state index is 0.811. The Morgan fingerprint density at radius 3 is 2.55 bits per heavy atom. The Balaban J connectivity index is 2.29. The molecule has 0 saturated carbocycles. The van der Waals surface area contributed by atoms with E-state index in [0.29, 0.717) is 0 Å². The second-order valence-corrected chi connectivity index (χ2v) is 2.19. The summed E-state index contributed by atoms with van der Waals surface area (Å²) in [5, 5.41) is 3.95. The minimum atomic E-state index is 0.811. The molecule has 1 aromatic rings. The van der Waals surface area contributed by atoms with E-state index in [2.05, 4.69) is 21.6 Å². The highest BCUT2D eigenvalue weighted by Crippen LogP contribution is 1.98. The van der Waals surface area contributed by atoms with Gasteiger partial charge in [-0.25, -0.2) is 5.53 Å². The lowest BCUT2D eigenvalue weighted by atomic mass is 10.2. The normalized spacial score (nSPS) is 15.1. The highest BCUT2D eigenvalue weighted by Gasteiger charge is 2.04. The van der Waals surface area contributed by atoms with Crippen molar-refractivity contribution in [3.63, 3.8) is 0 Å². The SMILES string of the molecule is c1ccc(C2=NNNN2)cc1. The van der Waals surface area contributed by atoms with Gasteiger partial charge in [0, 0.05) is 5.56 Å². The van der Waals surface area contributed by atoms with E-state index < -0.39 is 0 Å². The summed E-state index contributed by atoms with van der Waals surface area (Å²) in [7, 11) is 0. The molecule has 0 fully saturated rings. The van der Waals surface area contributed by atoms with Crippen LogP contribution < -0.4 is 16.5 Å². The first-order chi connectivity index (χ1) is 5.47. The zero-order valence-corrected chi connectivity index (χ0v) is 5.83. The van der Waals surface area contributed by atoms with E-state index in [1.807, 2.05) is 30.3 Å². The fourth-order valence-corrected chi connectivity index (χ4v) is 0.932. The number of amidine groups is 1. The average Bonchev–Trinajstić information content (AvgIpc) is 2.58. The summed E-state index contributed by atoms with van der Waals surface area (Å²) in [4.78, 5) is 0. The van der Waals surface area contributed by atoms with Crippen LogP contribution in [-0.2, 0) is 0 Å². The van der Waals surface area contributed by atoms with Crippen LogP contribution in [0.4, 0.5) is 0 Å². The molecule has 0 radical (unpaired) electrons. The van der Waals surface area contributed by atoms with E-state index >= 15 is 0 Å². The molecule has 56 valence electrons. The van der Waals surface area contributed by atoms with Gasteiger partial charge in [0.05, 0.1) is 0 Å². The highest BCUT2D eigenvalue weighted by molar-refractivity contribution is 5.98. The van der Waals surface area contributed by atoms with Crippen molar-refractivity contribution >= 4 is 5.84 Å². The lowest BCUT2D eigenvalue weighted by Gasteiger charge is -1.97. The standard InChI is InChI=1S/C7H8N4/c1-2-4-6(5-3-1)7-8-10-11-9-7/h1-5,10-11H,(H,8,9). The second-order valence-electron chi connectivity index (χ2n) is 2.19. The van der Waals surface area contributed by atoms with E-state index in [0.717, 1.165) is 11.4 Å². The van der Waals surface area contributed by atoms with Gasteiger partial charge in [0.2, 0.25) is 0 Å². The summed E-state index contributed by atoms with van der Waals surface area (Å²) in [6, 6.07) is 9.89. The molecule has 2 rings (SSSR count). The molecule has 0 unspecified atom stereocenters. The van der Waals surface area contributed by atoms with E-state index in [-0.39, 0.29) is 0 Å². The van der Waals surface area contributed by atoms with Gasteiger partial charge in [0.1, 0.15) is 0 Å². The molecule has 0 spiro atoms. The van der Waals surface area contributed by atoms with E-state index in [1.165, 1.54) is 0 Å². The summed E-state index contributed by atoms with van der Waals surface area (Å²) < 4.78 is 0. The molecular formula is C7H8N4. The number of hydrogen-bond acceptors (Lipinski definition) is 4. The number of hydrazone groups is 1. The van der Waals surface area contributed by atoms with Crippen molar-refractivity contribution in [2.45, 2.75) is 0 Å². The molecule has 1 aliphatic rings. The van der Waals surface area contributed by atoms with Crippen LogP contribution in [0.3, 0.4) is 0 Å². The number of benzene rings is 1. The Kier molecular flexibility index (Phi) is 1.46. The second kappa shape index (κ2) is 2.59. The van der Waals surface area contributed by atoms with Crippen molar-refractivity contribution in [1.29, 1.82) is 0 Å². The maximum absolute atomic E-state index is 3.95. The molecule has 0 saturated heterocycles. The molecule has 1 aromatic carbocycles. The van der Waals surface area contributed by atoms with E-state index in [9.17, 15) is 0 Å². The Hall–Kier alpha value is -1.55. The zero-order valence-electron chi connectivity index (χ0n) is 5.83. The lowest BCUT2D eigenvalue weighted by molar-refractivity contribution is 0.577. The monoisotopic (exact) mass is 148 g/mol. The van der Waals surface area contributed by atoms with Crippen molar-refractivity contribution in [3.05, 3.63) is 35.9 Å². The van der Waals surface area contributed by atoms with E-state index in [1.54, 1.807) is 0 Å². The van der Waals surface area contributed by atoms with Gasteiger partial charge in [-0.15, -0.1) is 10.6 Å². The summed E-state index contributed by atoms with van der Waals surface area (Å²) in [6.45, 7) is 0. The first-order valence-corrected chi connectivity index (χ1v) is 3.36. The predicted molar refractivity (Wildman–Crippen MR) is 42.4 cm³/mol. The molecule has 3 N–H and O–H groups in total. The summed E-state index contributed by atoms with van der Waals surface area (Å²) in [5.74, 6) is 0.811. The third-order valence-corrected chi connectivity index (χ3v) is 1.45. The van der Waals surface area contributed by atoms with Crippen LogP contribution in [0.5, 0.6) is 0 Å². The van der Waals surface area contributed by atoms with Crippen molar-refractivity contribution in [2.75, 3.05) is 0 Å².